The fourth-order valence-electron chi connectivity index (χ4n) is 6.31. The number of carbonyl (C=O) groups excluding carboxylic acids is 1. The number of benzene rings is 1. The molecule has 0 radical (unpaired) electrons. The predicted molar refractivity (Wildman–Crippen MR) is 152 cm³/mol. The van der Waals surface area contributed by atoms with Gasteiger partial charge in [-0.2, -0.15) is 40.8 Å². The number of nitrogens with zero attached hydrogens (tertiary/aromatic N) is 6. The van der Waals surface area contributed by atoms with Crippen molar-refractivity contribution in [2.45, 2.75) is 49.0 Å². The highest BCUT2D eigenvalue weighted by molar-refractivity contribution is 7.89. The molecule has 9 nitrogen and oxygen atoms in total. The van der Waals surface area contributed by atoms with Gasteiger partial charge < -0.3 is 0 Å². The van der Waals surface area contributed by atoms with Crippen molar-refractivity contribution >= 4 is 21.9 Å². The van der Waals surface area contributed by atoms with Crippen LogP contribution < -0.4 is 0 Å². The maximum atomic E-state index is 14.4. The number of hydrogen-bond donors (Lipinski definition) is 0. The number of pyridine rings is 1. The second kappa shape index (κ2) is 11.4. The maximum absolute atomic E-state index is 14.4. The zero-order valence-electron chi connectivity index (χ0n) is 24.4. The summed E-state index contributed by atoms with van der Waals surface area (Å²) < 4.78 is 126. The Labute approximate surface area is 263 Å². The topological polar surface area (TPSA) is 103 Å². The highest BCUT2D eigenvalue weighted by atomic mass is 32.2. The minimum absolute atomic E-state index is 0.0258. The molecule has 0 amide bonds. The molecule has 2 atom stereocenters. The largest absolute Gasteiger partial charge is 0.417 e. The minimum Gasteiger partial charge on any atom is -0.291 e. The lowest BCUT2D eigenvalue weighted by Gasteiger charge is -2.46. The third-order valence-corrected chi connectivity index (χ3v) is 10.3. The molecule has 0 saturated heterocycles. The van der Waals surface area contributed by atoms with Crippen LogP contribution in [0.2, 0.25) is 0 Å². The fraction of sp³-hybridized carbons (Fsp3) is 0.333. The maximum Gasteiger partial charge on any atom is 0.417 e. The summed E-state index contributed by atoms with van der Waals surface area (Å²) in [6, 6.07) is 5.67. The lowest BCUT2D eigenvalue weighted by Crippen LogP contribution is -2.52. The Morgan fingerprint density at radius 2 is 1.74 bits per heavy atom. The smallest absolute Gasteiger partial charge is 0.291 e. The van der Waals surface area contributed by atoms with Crippen molar-refractivity contribution in [1.29, 1.82) is 0 Å². The summed E-state index contributed by atoms with van der Waals surface area (Å²) in [5, 5.41) is 8.16. The summed E-state index contributed by atoms with van der Waals surface area (Å²) in [4.78, 5) is 17.7. The number of aromatic nitrogens is 5. The lowest BCUT2D eigenvalue weighted by atomic mass is 9.60. The van der Waals surface area contributed by atoms with E-state index in [0.29, 0.717) is 39.1 Å². The number of sulfonamides is 1. The SMILES string of the molecule is Cn1cc(S(=O)(=O)N(CC(F)(F)F)[C@H]2CCC3=Cc4c(cnn4-c4ccc(F)cc4)C[C@]3(C(=O)c3ccc(C(F)(F)F)cn3)C2)cn1. The molecule has 6 rings (SSSR count). The van der Waals surface area contributed by atoms with Gasteiger partial charge in [-0.05, 0) is 73.7 Å². The predicted octanol–water partition coefficient (Wildman–Crippen LogP) is 5.77. The van der Waals surface area contributed by atoms with Crippen LogP contribution in [0.3, 0.4) is 0 Å². The van der Waals surface area contributed by atoms with Gasteiger partial charge in [0.1, 0.15) is 23.0 Å². The molecule has 3 heterocycles. The molecular weight excluding hydrogens is 657 g/mol. The first-order chi connectivity index (χ1) is 22.0. The average molecular weight is 683 g/mol. The molecule has 47 heavy (non-hydrogen) atoms. The molecule has 0 bridgehead atoms. The number of rotatable bonds is 7. The Kier molecular flexibility index (Phi) is 7.90. The van der Waals surface area contributed by atoms with Crippen molar-refractivity contribution in [2.24, 2.45) is 12.5 Å². The second-order valence-corrected chi connectivity index (χ2v) is 13.4. The lowest BCUT2D eigenvalue weighted by molar-refractivity contribution is -0.141. The number of hydrogen-bond acceptors (Lipinski definition) is 6. The van der Waals surface area contributed by atoms with Crippen molar-refractivity contribution in [3.63, 3.8) is 0 Å². The van der Waals surface area contributed by atoms with Crippen LogP contribution in [0.1, 0.15) is 46.6 Å². The summed E-state index contributed by atoms with van der Waals surface area (Å²) in [5.74, 6) is -1.25. The van der Waals surface area contributed by atoms with Crippen LogP contribution in [0.4, 0.5) is 30.7 Å². The second-order valence-electron chi connectivity index (χ2n) is 11.5. The van der Waals surface area contributed by atoms with Crippen LogP contribution in [0.15, 0.2) is 71.7 Å². The third-order valence-electron chi connectivity index (χ3n) is 8.49. The number of allylic oxidation sites excluding steroid dienone is 1. The van der Waals surface area contributed by atoms with E-state index in [1.807, 2.05) is 0 Å². The Bertz CT molecular complexity index is 1970. The zero-order valence-corrected chi connectivity index (χ0v) is 25.2. The van der Waals surface area contributed by atoms with Crippen LogP contribution in [-0.2, 0) is 29.7 Å². The van der Waals surface area contributed by atoms with Crippen LogP contribution >= 0.6 is 0 Å². The minimum atomic E-state index is -4.95. The molecule has 1 saturated carbocycles. The van der Waals surface area contributed by atoms with E-state index in [1.165, 1.54) is 42.2 Å². The quantitative estimate of drug-likeness (QED) is 0.181. The first kappa shape index (κ1) is 32.6. The van der Waals surface area contributed by atoms with E-state index in [0.717, 1.165) is 23.1 Å². The van der Waals surface area contributed by atoms with Gasteiger partial charge in [-0.15, -0.1) is 0 Å². The zero-order chi connectivity index (χ0) is 33.9. The van der Waals surface area contributed by atoms with Gasteiger partial charge in [-0.25, -0.2) is 17.5 Å². The van der Waals surface area contributed by atoms with Crippen molar-refractivity contribution < 1.29 is 43.9 Å². The van der Waals surface area contributed by atoms with E-state index >= 15 is 0 Å². The summed E-state index contributed by atoms with van der Waals surface area (Å²) in [7, 11) is -3.37. The van der Waals surface area contributed by atoms with Crippen LogP contribution in [0.5, 0.6) is 0 Å². The first-order valence-corrected chi connectivity index (χ1v) is 15.6. The van der Waals surface area contributed by atoms with Gasteiger partial charge >= 0.3 is 12.4 Å². The monoisotopic (exact) mass is 682 g/mol. The summed E-state index contributed by atoms with van der Waals surface area (Å²) in [5.41, 5.74) is -1.23. The molecule has 0 unspecified atom stereocenters. The molecule has 2 aliphatic carbocycles. The van der Waals surface area contributed by atoms with E-state index in [9.17, 15) is 43.9 Å². The van der Waals surface area contributed by atoms with E-state index in [2.05, 4.69) is 15.2 Å². The van der Waals surface area contributed by atoms with Crippen LogP contribution in [-0.4, -0.2) is 61.8 Å². The fourth-order valence-corrected chi connectivity index (χ4v) is 7.94. The molecular formula is C30H25F7N6O3S. The number of Topliss-reactive ketones (excluding diaryl/α,β-unsaturated/α-hetero) is 1. The van der Waals surface area contributed by atoms with Gasteiger partial charge in [0, 0.05) is 25.5 Å². The van der Waals surface area contributed by atoms with E-state index in [4.69, 9.17) is 0 Å². The number of alkyl halides is 6. The van der Waals surface area contributed by atoms with Crippen molar-refractivity contribution in [2.75, 3.05) is 6.54 Å². The first-order valence-electron chi connectivity index (χ1n) is 14.2. The van der Waals surface area contributed by atoms with Crippen molar-refractivity contribution in [3.8, 4) is 5.69 Å². The molecule has 248 valence electrons. The number of ketones is 1. The number of aryl methyl sites for hydroxylation is 1. The molecule has 0 spiro atoms. The van der Waals surface area contributed by atoms with Gasteiger partial charge in [0.25, 0.3) is 0 Å². The van der Waals surface area contributed by atoms with Gasteiger partial charge in [0.05, 0.1) is 34.8 Å². The van der Waals surface area contributed by atoms with Crippen molar-refractivity contribution in [1.82, 2.24) is 28.9 Å². The molecule has 1 aromatic carbocycles. The third kappa shape index (κ3) is 6.08. The number of fused-ring (bicyclic) bond motifs is 2. The molecule has 0 aliphatic heterocycles. The number of carbonyl (C=O) groups is 1. The summed E-state index contributed by atoms with van der Waals surface area (Å²) >= 11 is 0. The van der Waals surface area contributed by atoms with Gasteiger partial charge in [0.15, 0.2) is 5.78 Å². The molecule has 1 fully saturated rings. The Balaban J connectivity index is 1.46. The summed E-state index contributed by atoms with van der Waals surface area (Å²) in [6.45, 7) is -1.84. The Morgan fingerprint density at radius 1 is 1.02 bits per heavy atom. The average Bonchev–Trinajstić information content (AvgIpc) is 3.64. The highest BCUT2D eigenvalue weighted by Crippen LogP contribution is 2.51. The Morgan fingerprint density at radius 3 is 2.34 bits per heavy atom. The number of halogens is 7. The van der Waals surface area contributed by atoms with Gasteiger partial charge in [0.2, 0.25) is 10.0 Å². The molecule has 0 N–H and O–H groups in total. The van der Waals surface area contributed by atoms with Gasteiger partial charge in [-0.3, -0.25) is 14.5 Å². The highest BCUT2D eigenvalue weighted by Gasteiger charge is 2.53. The van der Waals surface area contributed by atoms with Crippen LogP contribution in [0, 0.1) is 11.2 Å². The van der Waals surface area contributed by atoms with Crippen molar-refractivity contribution in [3.05, 3.63) is 95.1 Å². The Hall–Kier alpha value is -4.38. The summed E-state index contributed by atoms with van der Waals surface area (Å²) in [6.07, 6.45) is -4.82. The standard InChI is InChI=1S/C30H25F7N6O3S/c1-41-16-24(15-39-41)47(45,46)42(17-29(32,33)34)23-6-2-19-10-26-18(13-40-43(26)22-7-4-21(31)5-8-22)11-28(19,12-23)27(44)25-9-3-20(14-38-25)30(35,36)37/h3-5,7-10,13-16,23H,2,6,11-12,17H2,1H3/t23-,28-/m0/s1. The molecule has 2 aliphatic rings. The van der Waals surface area contributed by atoms with E-state index in [1.54, 1.807) is 6.08 Å². The van der Waals surface area contributed by atoms with E-state index in [-0.39, 0.29) is 25.0 Å². The van der Waals surface area contributed by atoms with E-state index < -0.39 is 68.9 Å². The molecule has 17 heteroatoms. The van der Waals surface area contributed by atoms with Crippen LogP contribution in [0.25, 0.3) is 11.8 Å². The molecule has 3 aromatic heterocycles. The molecule has 4 aromatic rings. The van der Waals surface area contributed by atoms with Gasteiger partial charge in [-0.1, -0.05) is 5.57 Å². The normalized spacial score (nSPS) is 20.1.